The predicted octanol–water partition coefficient (Wildman–Crippen LogP) is 5.75. The molecule has 0 heterocycles. The molecule has 0 aromatic heterocycles. The molecule has 0 aliphatic carbocycles. The Labute approximate surface area is 134 Å². The van der Waals surface area contributed by atoms with Crippen LogP contribution in [0.25, 0.3) is 21.9 Å². The average Bonchev–Trinajstić information content (AvgIpc) is 2.59. The second kappa shape index (κ2) is 6.37. The van der Waals surface area contributed by atoms with E-state index in [1.54, 1.807) is 43.5 Å². The van der Waals surface area contributed by atoms with Gasteiger partial charge in [-0.3, -0.25) is 0 Å². The Morgan fingerprint density at radius 1 is 0.913 bits per heavy atom. The largest absolute Gasteiger partial charge is 0.497 e. The first-order chi connectivity index (χ1) is 11.1. The second-order valence-corrected chi connectivity index (χ2v) is 5.59. The van der Waals surface area contributed by atoms with Crippen LogP contribution in [0.5, 0.6) is 5.75 Å². The molecule has 0 unspecified atom stereocenters. The summed E-state index contributed by atoms with van der Waals surface area (Å²) in [4.78, 5) is 0. The first-order valence-corrected chi connectivity index (χ1v) is 7.69. The quantitative estimate of drug-likeness (QED) is 0.596. The summed E-state index contributed by atoms with van der Waals surface area (Å²) < 4.78 is 34.1. The van der Waals surface area contributed by atoms with Gasteiger partial charge in [-0.1, -0.05) is 37.6 Å². The van der Waals surface area contributed by atoms with Gasteiger partial charge in [0.15, 0.2) is 11.6 Å². The lowest BCUT2D eigenvalue weighted by atomic mass is 9.97. The number of hydrogen-bond donors (Lipinski definition) is 0. The first kappa shape index (κ1) is 15.5. The van der Waals surface area contributed by atoms with Crippen LogP contribution in [0.1, 0.15) is 18.9 Å². The zero-order chi connectivity index (χ0) is 16.4. The third kappa shape index (κ3) is 2.91. The molecule has 0 N–H and O–H groups in total. The number of aryl methyl sites for hydroxylation is 1. The van der Waals surface area contributed by atoms with Gasteiger partial charge in [-0.2, -0.15) is 0 Å². The summed E-state index contributed by atoms with van der Waals surface area (Å²) in [5, 5.41) is 1.04. The topological polar surface area (TPSA) is 9.23 Å². The molecule has 0 atom stereocenters. The van der Waals surface area contributed by atoms with Crippen LogP contribution in [0.2, 0.25) is 0 Å². The van der Waals surface area contributed by atoms with Crippen LogP contribution in [0, 0.1) is 11.6 Å². The van der Waals surface area contributed by atoms with E-state index in [9.17, 15) is 8.78 Å². The molecular formula is C20H18F2O. The van der Waals surface area contributed by atoms with E-state index < -0.39 is 11.6 Å². The summed E-state index contributed by atoms with van der Waals surface area (Å²) in [5.41, 5.74) is 1.91. The lowest BCUT2D eigenvalue weighted by Gasteiger charge is -2.10. The Balaban J connectivity index is 2.14. The van der Waals surface area contributed by atoms with Gasteiger partial charge in [0.2, 0.25) is 0 Å². The minimum Gasteiger partial charge on any atom is -0.497 e. The summed E-state index contributed by atoms with van der Waals surface area (Å²) in [6, 6.07) is 14.2. The first-order valence-electron chi connectivity index (χ1n) is 7.69. The van der Waals surface area contributed by atoms with Crippen molar-refractivity contribution in [1.82, 2.24) is 0 Å². The highest BCUT2D eigenvalue weighted by atomic mass is 19.2. The number of halogens is 2. The van der Waals surface area contributed by atoms with Gasteiger partial charge in [-0.15, -0.1) is 0 Å². The Morgan fingerprint density at radius 3 is 2.30 bits per heavy atom. The van der Waals surface area contributed by atoms with Crippen LogP contribution in [0.3, 0.4) is 0 Å². The van der Waals surface area contributed by atoms with Crippen molar-refractivity contribution < 1.29 is 13.5 Å². The van der Waals surface area contributed by atoms with Crippen molar-refractivity contribution in [2.45, 2.75) is 19.8 Å². The van der Waals surface area contributed by atoms with E-state index in [-0.39, 0.29) is 5.56 Å². The van der Waals surface area contributed by atoms with Gasteiger partial charge in [-0.25, -0.2) is 8.78 Å². The van der Waals surface area contributed by atoms with Gasteiger partial charge in [0, 0.05) is 10.9 Å². The molecule has 1 nitrogen and oxygen atoms in total. The van der Waals surface area contributed by atoms with Crippen LogP contribution >= 0.6 is 0 Å². The Hall–Kier alpha value is -2.42. The molecule has 3 aromatic rings. The van der Waals surface area contributed by atoms with Crippen LogP contribution in [0.4, 0.5) is 8.78 Å². The molecule has 0 amide bonds. The maximum Gasteiger partial charge on any atom is 0.167 e. The van der Waals surface area contributed by atoms with Gasteiger partial charge in [0.25, 0.3) is 0 Å². The molecule has 3 rings (SSSR count). The van der Waals surface area contributed by atoms with Crippen LogP contribution in [0.15, 0.2) is 48.5 Å². The minimum atomic E-state index is -0.809. The molecule has 0 saturated carbocycles. The van der Waals surface area contributed by atoms with Crippen molar-refractivity contribution in [3.8, 4) is 16.9 Å². The fourth-order valence-corrected chi connectivity index (χ4v) is 2.80. The number of fused-ring (bicyclic) bond motifs is 1. The third-order valence-corrected chi connectivity index (χ3v) is 4.02. The third-order valence-electron chi connectivity index (χ3n) is 4.02. The predicted molar refractivity (Wildman–Crippen MR) is 89.8 cm³/mol. The minimum absolute atomic E-state index is 0.265. The van der Waals surface area contributed by atoms with Crippen molar-refractivity contribution >= 4 is 10.8 Å². The van der Waals surface area contributed by atoms with Crippen molar-refractivity contribution in [1.29, 1.82) is 0 Å². The average molecular weight is 312 g/mol. The molecule has 0 aliphatic heterocycles. The number of ether oxygens (including phenoxy) is 1. The zero-order valence-electron chi connectivity index (χ0n) is 13.2. The van der Waals surface area contributed by atoms with Crippen molar-refractivity contribution in [2.24, 2.45) is 0 Å². The number of hydrogen-bond acceptors (Lipinski definition) is 1. The van der Waals surface area contributed by atoms with E-state index in [4.69, 9.17) is 4.74 Å². The maximum atomic E-state index is 14.5. The van der Waals surface area contributed by atoms with E-state index in [0.29, 0.717) is 22.1 Å². The molecular weight excluding hydrogens is 294 g/mol. The number of benzene rings is 3. The fraction of sp³-hybridized carbons (Fsp3) is 0.200. The van der Waals surface area contributed by atoms with E-state index in [1.807, 2.05) is 12.1 Å². The molecule has 0 fully saturated rings. The van der Waals surface area contributed by atoms with Crippen molar-refractivity contribution in [3.05, 3.63) is 65.7 Å². The molecule has 23 heavy (non-hydrogen) atoms. The summed E-state index contributed by atoms with van der Waals surface area (Å²) >= 11 is 0. The standard InChI is InChI=1S/C20H18F2O/c1-3-4-13-5-6-15-12-18(20(22)19(21)17(15)11-13)14-7-9-16(23-2)10-8-14/h5-12H,3-4H2,1-2H3. The number of methoxy groups -OCH3 is 1. The molecule has 0 spiro atoms. The summed E-state index contributed by atoms with van der Waals surface area (Å²) in [7, 11) is 1.57. The molecule has 118 valence electrons. The Bertz CT molecular complexity index is 838. The number of rotatable bonds is 4. The molecule has 0 radical (unpaired) electrons. The summed E-state index contributed by atoms with van der Waals surface area (Å²) in [6.45, 7) is 2.06. The molecule has 0 bridgehead atoms. The summed E-state index contributed by atoms with van der Waals surface area (Å²) in [6.07, 6.45) is 1.83. The van der Waals surface area contributed by atoms with Gasteiger partial charge in [0.1, 0.15) is 5.75 Å². The van der Waals surface area contributed by atoms with Gasteiger partial charge in [0.05, 0.1) is 7.11 Å². The van der Waals surface area contributed by atoms with Crippen LogP contribution in [-0.2, 0) is 6.42 Å². The van der Waals surface area contributed by atoms with E-state index in [0.717, 1.165) is 18.4 Å². The normalized spacial score (nSPS) is 11.0. The molecule has 0 saturated heterocycles. The van der Waals surface area contributed by atoms with Gasteiger partial charge < -0.3 is 4.74 Å². The lowest BCUT2D eigenvalue weighted by Crippen LogP contribution is -1.94. The molecule has 3 heteroatoms. The highest BCUT2D eigenvalue weighted by Crippen LogP contribution is 2.32. The van der Waals surface area contributed by atoms with Gasteiger partial charge >= 0.3 is 0 Å². The molecule has 0 aliphatic rings. The monoisotopic (exact) mass is 312 g/mol. The smallest absolute Gasteiger partial charge is 0.167 e. The maximum absolute atomic E-state index is 14.5. The molecule has 3 aromatic carbocycles. The highest BCUT2D eigenvalue weighted by Gasteiger charge is 2.15. The van der Waals surface area contributed by atoms with Crippen molar-refractivity contribution in [2.75, 3.05) is 7.11 Å². The van der Waals surface area contributed by atoms with E-state index in [1.165, 1.54) is 0 Å². The highest BCUT2D eigenvalue weighted by molar-refractivity contribution is 5.89. The second-order valence-electron chi connectivity index (χ2n) is 5.59. The van der Waals surface area contributed by atoms with Gasteiger partial charge in [-0.05, 0) is 47.2 Å². The Morgan fingerprint density at radius 2 is 1.65 bits per heavy atom. The van der Waals surface area contributed by atoms with E-state index in [2.05, 4.69) is 6.92 Å². The fourth-order valence-electron chi connectivity index (χ4n) is 2.80. The SMILES string of the molecule is CCCc1ccc2cc(-c3ccc(OC)cc3)c(F)c(F)c2c1. The lowest BCUT2D eigenvalue weighted by molar-refractivity contribution is 0.415. The Kier molecular flexibility index (Phi) is 4.28. The van der Waals surface area contributed by atoms with Crippen molar-refractivity contribution in [3.63, 3.8) is 0 Å². The summed E-state index contributed by atoms with van der Waals surface area (Å²) in [5.74, 6) is -0.915. The van der Waals surface area contributed by atoms with E-state index >= 15 is 0 Å². The van der Waals surface area contributed by atoms with Crippen LogP contribution < -0.4 is 4.74 Å². The van der Waals surface area contributed by atoms with Crippen LogP contribution in [-0.4, -0.2) is 7.11 Å². The zero-order valence-corrected chi connectivity index (χ0v) is 13.2.